The van der Waals surface area contributed by atoms with Gasteiger partial charge in [-0.15, -0.1) is 0 Å². The molecule has 3 N–H and O–H groups in total. The number of amides is 1. The minimum Gasteiger partial charge on any atom is -0.396 e. The van der Waals surface area contributed by atoms with E-state index in [9.17, 15) is 9.59 Å². The summed E-state index contributed by atoms with van der Waals surface area (Å²) in [5.74, 6) is -0.253. The van der Waals surface area contributed by atoms with E-state index in [0.717, 1.165) is 19.3 Å². The van der Waals surface area contributed by atoms with E-state index in [0.29, 0.717) is 24.1 Å². The number of nitrogens with zero attached hydrogens (tertiary/aromatic N) is 2. The largest absolute Gasteiger partial charge is 0.396 e. The van der Waals surface area contributed by atoms with Crippen molar-refractivity contribution in [2.45, 2.75) is 65.3 Å². The zero-order valence-corrected chi connectivity index (χ0v) is 14.8. The Hall–Kier alpha value is -1.73. The van der Waals surface area contributed by atoms with Crippen LogP contribution in [-0.4, -0.2) is 33.6 Å². The molecule has 2 rings (SSSR count). The molecule has 1 aliphatic heterocycles. The fourth-order valence-corrected chi connectivity index (χ4v) is 3.14. The Morgan fingerprint density at radius 1 is 1.25 bits per heavy atom. The Kier molecular flexibility index (Phi) is 6.51. The van der Waals surface area contributed by atoms with Crippen LogP contribution in [0.15, 0.2) is 4.79 Å². The number of H-pyrrole nitrogens is 1. The molecule has 134 valence electrons. The van der Waals surface area contributed by atoms with Crippen molar-refractivity contribution in [1.82, 2.24) is 15.4 Å². The van der Waals surface area contributed by atoms with Crippen molar-refractivity contribution in [1.29, 1.82) is 0 Å². The molecule has 0 spiro atoms. The van der Waals surface area contributed by atoms with E-state index in [1.54, 1.807) is 0 Å². The van der Waals surface area contributed by atoms with Crippen LogP contribution in [0.2, 0.25) is 0 Å². The minimum atomic E-state index is -0.311. The molecule has 1 aliphatic rings. The molecule has 24 heavy (non-hydrogen) atoms. The molecule has 0 radical (unpaired) electrons. The van der Waals surface area contributed by atoms with Gasteiger partial charge in [0.15, 0.2) is 0 Å². The smallest absolute Gasteiger partial charge is 0.255 e. The van der Waals surface area contributed by atoms with E-state index in [2.05, 4.69) is 22.3 Å². The molecular weight excluding hydrogens is 308 g/mol. The second-order valence-corrected chi connectivity index (χ2v) is 6.47. The number of aromatic amines is 1. The molecule has 1 amide bonds. The zero-order valence-electron chi connectivity index (χ0n) is 14.8. The average Bonchev–Trinajstić information content (AvgIpc) is 2.82. The number of carbonyl (C=O) groups excluding carboxylic acids is 1. The monoisotopic (exact) mass is 336 g/mol. The highest BCUT2D eigenvalue weighted by Crippen LogP contribution is 2.22. The number of unbranched alkanes of at least 4 members (excludes halogenated alkanes) is 3. The van der Waals surface area contributed by atoms with Crippen molar-refractivity contribution in [3.05, 3.63) is 21.6 Å². The van der Waals surface area contributed by atoms with Gasteiger partial charge in [-0.25, -0.2) is 15.4 Å². The number of hydrogen-bond acceptors (Lipinski definition) is 5. The first kappa shape index (κ1) is 18.6. The third kappa shape index (κ3) is 4.02. The van der Waals surface area contributed by atoms with Gasteiger partial charge in [0.25, 0.3) is 5.56 Å². The molecule has 1 fully saturated rings. The summed E-state index contributed by atoms with van der Waals surface area (Å²) in [6, 6.07) is -0.107. The summed E-state index contributed by atoms with van der Waals surface area (Å²) >= 11 is 0. The fraction of sp³-hybridized carbons (Fsp3) is 0.706. The molecule has 0 saturated carbocycles. The normalized spacial score (nSPS) is 20.8. The third-order valence-corrected chi connectivity index (χ3v) is 4.62. The number of aryl methyl sites for hydroxylation is 1. The maximum atomic E-state index is 12.4. The van der Waals surface area contributed by atoms with E-state index < -0.39 is 0 Å². The third-order valence-electron chi connectivity index (χ3n) is 4.62. The standard InChI is InChI=1S/C17H28N4O3/c1-4-5-6-7-8-13-11(2)18-17(19-15(13)23)21-16(24)14(9-10-22)12(3)20-21/h12,14,20,22H,4-10H2,1-3H3,(H,18,19,23). The van der Waals surface area contributed by atoms with Crippen LogP contribution in [-0.2, 0) is 11.2 Å². The number of aliphatic hydroxyl groups excluding tert-OH is 1. The Bertz CT molecular complexity index is 629. The maximum Gasteiger partial charge on any atom is 0.255 e. The first-order chi connectivity index (χ1) is 11.5. The number of carbonyl (C=O) groups is 1. The topological polar surface area (TPSA) is 98.3 Å². The molecule has 7 heteroatoms. The Balaban J connectivity index is 2.15. The maximum absolute atomic E-state index is 12.4. The summed E-state index contributed by atoms with van der Waals surface area (Å²) in [7, 11) is 0. The number of rotatable bonds is 8. The predicted octanol–water partition coefficient (Wildman–Crippen LogP) is 1.44. The Labute approximate surface area is 142 Å². The van der Waals surface area contributed by atoms with Gasteiger partial charge in [-0.05, 0) is 33.1 Å². The highest BCUT2D eigenvalue weighted by molar-refractivity contribution is 5.95. The van der Waals surface area contributed by atoms with Gasteiger partial charge in [-0.1, -0.05) is 26.2 Å². The van der Waals surface area contributed by atoms with Crippen molar-refractivity contribution in [2.75, 3.05) is 11.6 Å². The molecule has 1 saturated heterocycles. The SMILES string of the molecule is CCCCCCc1c(C)nc(N2NC(C)C(CCO)C2=O)[nH]c1=O. The highest BCUT2D eigenvalue weighted by atomic mass is 16.3. The van der Waals surface area contributed by atoms with Crippen LogP contribution in [0, 0.1) is 12.8 Å². The molecule has 1 aromatic rings. The van der Waals surface area contributed by atoms with E-state index >= 15 is 0 Å². The average molecular weight is 336 g/mol. The summed E-state index contributed by atoms with van der Waals surface area (Å²) in [5.41, 5.74) is 4.21. The lowest BCUT2D eigenvalue weighted by Crippen LogP contribution is -2.39. The van der Waals surface area contributed by atoms with Gasteiger partial charge in [0.05, 0.1) is 5.92 Å². The summed E-state index contributed by atoms with van der Waals surface area (Å²) in [4.78, 5) is 32.0. The number of hydrazine groups is 1. The summed E-state index contributed by atoms with van der Waals surface area (Å²) in [5, 5.41) is 10.4. The van der Waals surface area contributed by atoms with Crippen molar-refractivity contribution < 1.29 is 9.90 Å². The van der Waals surface area contributed by atoms with Gasteiger partial charge in [0.2, 0.25) is 11.9 Å². The first-order valence-electron chi connectivity index (χ1n) is 8.80. The van der Waals surface area contributed by atoms with Gasteiger partial charge in [0, 0.05) is 23.9 Å². The van der Waals surface area contributed by atoms with Crippen molar-refractivity contribution in [3.8, 4) is 0 Å². The van der Waals surface area contributed by atoms with Crippen LogP contribution in [0.4, 0.5) is 5.95 Å². The van der Waals surface area contributed by atoms with Crippen LogP contribution in [0.25, 0.3) is 0 Å². The first-order valence-corrected chi connectivity index (χ1v) is 8.80. The second-order valence-electron chi connectivity index (χ2n) is 6.47. The molecule has 7 nitrogen and oxygen atoms in total. The van der Waals surface area contributed by atoms with Gasteiger partial charge in [-0.3, -0.25) is 14.6 Å². The number of hydrogen-bond donors (Lipinski definition) is 3. The Morgan fingerprint density at radius 2 is 2.00 bits per heavy atom. The summed E-state index contributed by atoms with van der Waals surface area (Å²) in [6.07, 6.45) is 5.49. The molecule has 0 aromatic carbocycles. The van der Waals surface area contributed by atoms with Crippen molar-refractivity contribution in [3.63, 3.8) is 0 Å². The summed E-state index contributed by atoms with van der Waals surface area (Å²) < 4.78 is 0. The van der Waals surface area contributed by atoms with Gasteiger partial charge < -0.3 is 5.11 Å². The highest BCUT2D eigenvalue weighted by Gasteiger charge is 2.39. The van der Waals surface area contributed by atoms with Crippen molar-refractivity contribution in [2.24, 2.45) is 5.92 Å². The van der Waals surface area contributed by atoms with E-state index in [-0.39, 0.29) is 36.0 Å². The van der Waals surface area contributed by atoms with Crippen molar-refractivity contribution >= 4 is 11.9 Å². The fourth-order valence-electron chi connectivity index (χ4n) is 3.14. The zero-order chi connectivity index (χ0) is 17.7. The molecule has 2 heterocycles. The molecule has 2 unspecified atom stereocenters. The van der Waals surface area contributed by atoms with Crippen LogP contribution < -0.4 is 16.0 Å². The van der Waals surface area contributed by atoms with E-state index in [1.807, 2.05) is 13.8 Å². The van der Waals surface area contributed by atoms with Crippen LogP contribution in [0.5, 0.6) is 0 Å². The van der Waals surface area contributed by atoms with Crippen LogP contribution in [0.3, 0.4) is 0 Å². The Morgan fingerprint density at radius 3 is 2.62 bits per heavy atom. The second kappa shape index (κ2) is 8.39. The number of aromatic nitrogens is 2. The number of anilines is 1. The molecule has 2 atom stereocenters. The minimum absolute atomic E-state index is 0.0457. The molecule has 0 aliphatic carbocycles. The van der Waals surface area contributed by atoms with Gasteiger partial charge >= 0.3 is 0 Å². The van der Waals surface area contributed by atoms with Gasteiger partial charge in [-0.2, -0.15) is 0 Å². The van der Waals surface area contributed by atoms with Crippen LogP contribution in [0.1, 0.15) is 57.2 Å². The van der Waals surface area contributed by atoms with E-state index in [1.165, 1.54) is 11.4 Å². The molecule has 1 aromatic heterocycles. The molecule has 0 bridgehead atoms. The summed E-state index contributed by atoms with van der Waals surface area (Å²) in [6.45, 7) is 5.80. The van der Waals surface area contributed by atoms with E-state index in [4.69, 9.17) is 5.11 Å². The predicted molar refractivity (Wildman–Crippen MR) is 92.7 cm³/mol. The number of aliphatic hydroxyl groups is 1. The lowest BCUT2D eigenvalue weighted by molar-refractivity contribution is -0.121. The quantitative estimate of drug-likeness (QED) is 0.624. The molecular formula is C17H28N4O3. The lowest BCUT2D eigenvalue weighted by atomic mass is 9.99. The number of nitrogens with one attached hydrogen (secondary N) is 2. The lowest BCUT2D eigenvalue weighted by Gasteiger charge is -2.16. The van der Waals surface area contributed by atoms with Gasteiger partial charge in [0.1, 0.15) is 0 Å². The van der Waals surface area contributed by atoms with Crippen LogP contribution >= 0.6 is 0 Å².